The molecule has 2 unspecified atom stereocenters. The topological polar surface area (TPSA) is 78.0 Å². The number of aliphatic hydroxyl groups is 1. The summed E-state index contributed by atoms with van der Waals surface area (Å²) in [7, 11) is 0. The number of hydrogen-bond acceptors (Lipinski definition) is 3. The van der Waals surface area contributed by atoms with Crippen molar-refractivity contribution in [3.05, 3.63) is 17.5 Å². The van der Waals surface area contributed by atoms with Crippen molar-refractivity contribution in [3.63, 3.8) is 0 Å². The second-order valence-corrected chi connectivity index (χ2v) is 6.44. The number of H-pyrrole nitrogens is 1. The minimum absolute atomic E-state index is 0.134. The van der Waals surface area contributed by atoms with Crippen LogP contribution in [0.5, 0.6) is 0 Å². The number of aliphatic hydroxyl groups excluding tert-OH is 1. The standard InChI is InChI=1S/C16H27N3O2/c1-11(8-12(2)20)10-17-16(21)15-9-14(18-19-15)13-6-4-3-5-7-13/h9,11-13,20H,3-8,10H2,1-2H3,(H,17,21)(H,18,19). The van der Waals surface area contributed by atoms with Crippen LogP contribution in [-0.4, -0.2) is 33.9 Å². The smallest absolute Gasteiger partial charge is 0.271 e. The van der Waals surface area contributed by atoms with Gasteiger partial charge >= 0.3 is 0 Å². The van der Waals surface area contributed by atoms with Gasteiger partial charge in [-0.2, -0.15) is 5.10 Å². The zero-order valence-electron chi connectivity index (χ0n) is 13.1. The maximum atomic E-state index is 12.1. The molecule has 1 amide bonds. The molecule has 1 aromatic heterocycles. The fraction of sp³-hybridized carbons (Fsp3) is 0.750. The van der Waals surface area contributed by atoms with Crippen molar-refractivity contribution in [2.24, 2.45) is 5.92 Å². The molecule has 1 aliphatic rings. The lowest BCUT2D eigenvalue weighted by Gasteiger charge is -2.19. The van der Waals surface area contributed by atoms with Crippen LogP contribution in [0.25, 0.3) is 0 Å². The highest BCUT2D eigenvalue weighted by atomic mass is 16.3. The third-order valence-corrected chi connectivity index (χ3v) is 4.23. The summed E-state index contributed by atoms with van der Waals surface area (Å²) in [6, 6.07) is 1.89. The Morgan fingerprint density at radius 1 is 1.43 bits per heavy atom. The Morgan fingerprint density at radius 3 is 2.81 bits per heavy atom. The molecule has 2 atom stereocenters. The molecule has 1 fully saturated rings. The number of aromatic nitrogens is 2. The Hall–Kier alpha value is -1.36. The van der Waals surface area contributed by atoms with E-state index in [2.05, 4.69) is 15.5 Å². The SMILES string of the molecule is CC(O)CC(C)CNC(=O)c1cc(C2CCCCC2)[nH]n1. The molecular formula is C16H27N3O2. The van der Waals surface area contributed by atoms with E-state index in [0.29, 0.717) is 24.6 Å². The Kier molecular flexibility index (Phi) is 5.79. The molecule has 0 bridgehead atoms. The van der Waals surface area contributed by atoms with Crippen LogP contribution in [-0.2, 0) is 0 Å². The van der Waals surface area contributed by atoms with E-state index < -0.39 is 0 Å². The second kappa shape index (κ2) is 7.59. The average molecular weight is 293 g/mol. The fourth-order valence-corrected chi connectivity index (χ4v) is 3.10. The first-order valence-electron chi connectivity index (χ1n) is 8.08. The van der Waals surface area contributed by atoms with E-state index in [-0.39, 0.29) is 17.9 Å². The van der Waals surface area contributed by atoms with Crippen molar-refractivity contribution in [1.29, 1.82) is 0 Å². The molecule has 0 aliphatic heterocycles. The number of aromatic amines is 1. The molecule has 0 aromatic carbocycles. The van der Waals surface area contributed by atoms with Crippen LogP contribution in [0.4, 0.5) is 0 Å². The third kappa shape index (κ3) is 4.84. The molecule has 5 nitrogen and oxygen atoms in total. The minimum atomic E-state index is -0.333. The zero-order chi connectivity index (χ0) is 15.2. The number of carbonyl (C=O) groups excluding carboxylic acids is 1. The minimum Gasteiger partial charge on any atom is -0.393 e. The van der Waals surface area contributed by atoms with Crippen LogP contribution in [0, 0.1) is 5.92 Å². The average Bonchev–Trinajstić information content (AvgIpc) is 2.95. The number of carbonyl (C=O) groups is 1. The molecule has 0 spiro atoms. The van der Waals surface area contributed by atoms with Crippen LogP contribution in [0.2, 0.25) is 0 Å². The molecule has 3 N–H and O–H groups in total. The van der Waals surface area contributed by atoms with Crippen LogP contribution < -0.4 is 5.32 Å². The zero-order valence-corrected chi connectivity index (χ0v) is 13.1. The van der Waals surface area contributed by atoms with Gasteiger partial charge in [0.25, 0.3) is 5.91 Å². The van der Waals surface area contributed by atoms with Gasteiger partial charge in [-0.1, -0.05) is 26.2 Å². The van der Waals surface area contributed by atoms with E-state index in [1.54, 1.807) is 6.92 Å². The summed E-state index contributed by atoms with van der Waals surface area (Å²) in [5.74, 6) is 0.651. The Morgan fingerprint density at radius 2 is 2.14 bits per heavy atom. The molecule has 5 heteroatoms. The van der Waals surface area contributed by atoms with Crippen LogP contribution in [0.15, 0.2) is 6.07 Å². The van der Waals surface area contributed by atoms with Crippen LogP contribution >= 0.6 is 0 Å². The highest BCUT2D eigenvalue weighted by molar-refractivity contribution is 5.92. The Bertz CT molecular complexity index is 450. The van der Waals surface area contributed by atoms with Crippen molar-refractivity contribution in [1.82, 2.24) is 15.5 Å². The van der Waals surface area contributed by atoms with Gasteiger partial charge < -0.3 is 10.4 Å². The van der Waals surface area contributed by atoms with Crippen molar-refractivity contribution >= 4 is 5.91 Å². The molecule has 1 heterocycles. The van der Waals surface area contributed by atoms with Crippen molar-refractivity contribution in [3.8, 4) is 0 Å². The van der Waals surface area contributed by atoms with Gasteiger partial charge in [-0.05, 0) is 38.2 Å². The molecular weight excluding hydrogens is 266 g/mol. The predicted octanol–water partition coefficient (Wildman–Crippen LogP) is 2.59. The maximum Gasteiger partial charge on any atom is 0.271 e. The molecule has 21 heavy (non-hydrogen) atoms. The Balaban J connectivity index is 1.84. The third-order valence-electron chi connectivity index (χ3n) is 4.23. The highest BCUT2D eigenvalue weighted by Crippen LogP contribution is 2.31. The van der Waals surface area contributed by atoms with Gasteiger partial charge in [0.05, 0.1) is 6.10 Å². The number of nitrogens with one attached hydrogen (secondary N) is 2. The Labute approximate surface area is 126 Å². The molecule has 2 rings (SSSR count). The first-order valence-corrected chi connectivity index (χ1v) is 8.08. The highest BCUT2D eigenvalue weighted by Gasteiger charge is 2.19. The molecule has 0 saturated heterocycles. The van der Waals surface area contributed by atoms with Gasteiger partial charge in [-0.3, -0.25) is 9.89 Å². The van der Waals surface area contributed by atoms with Gasteiger partial charge in [0, 0.05) is 18.2 Å². The maximum absolute atomic E-state index is 12.1. The molecule has 118 valence electrons. The molecule has 0 radical (unpaired) electrons. The van der Waals surface area contributed by atoms with Crippen molar-refractivity contribution < 1.29 is 9.90 Å². The van der Waals surface area contributed by atoms with E-state index >= 15 is 0 Å². The first kappa shape index (κ1) is 16.0. The van der Waals surface area contributed by atoms with Gasteiger partial charge in [0.1, 0.15) is 5.69 Å². The molecule has 1 saturated carbocycles. The lowest BCUT2D eigenvalue weighted by atomic mass is 9.87. The summed E-state index contributed by atoms with van der Waals surface area (Å²) in [5.41, 5.74) is 1.57. The molecule has 1 aromatic rings. The van der Waals surface area contributed by atoms with Gasteiger partial charge in [0.15, 0.2) is 0 Å². The lowest BCUT2D eigenvalue weighted by molar-refractivity contribution is 0.0934. The predicted molar refractivity (Wildman–Crippen MR) is 82.2 cm³/mol. The monoisotopic (exact) mass is 293 g/mol. The number of nitrogens with zero attached hydrogens (tertiary/aromatic N) is 1. The summed E-state index contributed by atoms with van der Waals surface area (Å²) in [5, 5.41) is 19.4. The van der Waals surface area contributed by atoms with Crippen LogP contribution in [0.3, 0.4) is 0 Å². The quantitative estimate of drug-likeness (QED) is 0.754. The van der Waals surface area contributed by atoms with E-state index in [1.807, 2.05) is 13.0 Å². The van der Waals surface area contributed by atoms with Gasteiger partial charge in [-0.15, -0.1) is 0 Å². The normalized spacial score (nSPS) is 19.2. The number of amides is 1. The van der Waals surface area contributed by atoms with Crippen LogP contribution in [0.1, 0.15) is 74.5 Å². The lowest BCUT2D eigenvalue weighted by Crippen LogP contribution is -2.29. The summed E-state index contributed by atoms with van der Waals surface area (Å²) in [6.07, 6.45) is 6.58. The largest absolute Gasteiger partial charge is 0.393 e. The summed E-state index contributed by atoms with van der Waals surface area (Å²) >= 11 is 0. The van der Waals surface area contributed by atoms with Gasteiger partial charge in [-0.25, -0.2) is 0 Å². The fourth-order valence-electron chi connectivity index (χ4n) is 3.10. The summed E-state index contributed by atoms with van der Waals surface area (Å²) < 4.78 is 0. The summed E-state index contributed by atoms with van der Waals surface area (Å²) in [6.45, 7) is 4.35. The number of rotatable bonds is 6. The van der Waals surface area contributed by atoms with Crippen molar-refractivity contribution in [2.45, 2.75) is 64.4 Å². The number of hydrogen-bond donors (Lipinski definition) is 3. The van der Waals surface area contributed by atoms with E-state index in [9.17, 15) is 9.90 Å². The summed E-state index contributed by atoms with van der Waals surface area (Å²) in [4.78, 5) is 12.1. The molecule has 1 aliphatic carbocycles. The van der Waals surface area contributed by atoms with E-state index in [4.69, 9.17) is 0 Å². The van der Waals surface area contributed by atoms with Gasteiger partial charge in [0.2, 0.25) is 0 Å². The second-order valence-electron chi connectivity index (χ2n) is 6.44. The van der Waals surface area contributed by atoms with E-state index in [0.717, 1.165) is 5.69 Å². The van der Waals surface area contributed by atoms with E-state index in [1.165, 1.54) is 32.1 Å². The van der Waals surface area contributed by atoms with Crippen molar-refractivity contribution in [2.75, 3.05) is 6.54 Å². The first-order chi connectivity index (χ1) is 10.1.